The van der Waals surface area contributed by atoms with Crippen molar-refractivity contribution in [3.05, 3.63) is 47.7 Å². The number of nitrogens with one attached hydrogen (secondary N) is 1. The number of aromatic nitrogens is 2. The van der Waals surface area contributed by atoms with Gasteiger partial charge in [-0.15, -0.1) is 16.8 Å². The second-order valence-electron chi connectivity index (χ2n) is 5.41. The minimum Gasteiger partial charge on any atom is -0.464 e. The highest BCUT2D eigenvalue weighted by Crippen LogP contribution is 2.28. The number of amides is 1. The molecule has 2 aromatic heterocycles. The standard InChI is InChI=1S/C17H17N3O2S2/c1-4-5-23-17-20-19-16(24-17)18-14(21)8-12-9-22-13-7-10(2)6-11(3)15(12)13/h4,6-7,9H,1,5,8H2,2-3H3,(H,18,19,21). The summed E-state index contributed by atoms with van der Waals surface area (Å²) in [6, 6.07) is 4.07. The Morgan fingerprint density at radius 3 is 3.04 bits per heavy atom. The molecule has 1 aromatic carbocycles. The van der Waals surface area contributed by atoms with Gasteiger partial charge in [-0.25, -0.2) is 0 Å². The van der Waals surface area contributed by atoms with E-state index in [1.54, 1.807) is 12.3 Å². The fraction of sp³-hybridized carbons (Fsp3) is 0.235. The van der Waals surface area contributed by atoms with Gasteiger partial charge in [0.15, 0.2) is 4.34 Å². The van der Waals surface area contributed by atoms with Crippen LogP contribution in [0.2, 0.25) is 0 Å². The van der Waals surface area contributed by atoms with Gasteiger partial charge in [0.2, 0.25) is 11.0 Å². The molecule has 1 amide bonds. The molecule has 0 aliphatic heterocycles. The van der Waals surface area contributed by atoms with Gasteiger partial charge in [-0.05, 0) is 31.0 Å². The summed E-state index contributed by atoms with van der Waals surface area (Å²) in [6.45, 7) is 7.72. The molecule has 7 heteroatoms. The SMILES string of the molecule is C=CCSc1nnc(NC(=O)Cc2coc3cc(C)cc(C)c23)s1. The number of fused-ring (bicyclic) bond motifs is 1. The third-order valence-corrected chi connectivity index (χ3v) is 5.39. The van der Waals surface area contributed by atoms with Crippen LogP contribution in [-0.4, -0.2) is 21.9 Å². The molecule has 2 heterocycles. The van der Waals surface area contributed by atoms with Gasteiger partial charge in [-0.2, -0.15) is 0 Å². The molecule has 0 aliphatic carbocycles. The first-order chi connectivity index (χ1) is 11.6. The van der Waals surface area contributed by atoms with Crippen molar-refractivity contribution >= 4 is 45.1 Å². The third-order valence-electron chi connectivity index (χ3n) is 3.42. The topological polar surface area (TPSA) is 68.0 Å². The molecule has 0 saturated carbocycles. The number of thioether (sulfide) groups is 1. The average Bonchev–Trinajstić information content (AvgIpc) is 3.12. The number of hydrogen-bond acceptors (Lipinski definition) is 6. The van der Waals surface area contributed by atoms with Gasteiger partial charge in [-0.3, -0.25) is 4.79 Å². The van der Waals surface area contributed by atoms with Crippen molar-refractivity contribution in [1.82, 2.24) is 10.2 Å². The lowest BCUT2D eigenvalue weighted by molar-refractivity contribution is -0.115. The fourth-order valence-corrected chi connectivity index (χ4v) is 4.07. The summed E-state index contributed by atoms with van der Waals surface area (Å²) in [5.74, 6) is 0.636. The molecule has 0 fully saturated rings. The van der Waals surface area contributed by atoms with Gasteiger partial charge in [0, 0.05) is 16.7 Å². The van der Waals surface area contributed by atoms with E-state index in [9.17, 15) is 4.79 Å². The highest BCUT2D eigenvalue weighted by atomic mass is 32.2. The Hall–Kier alpha value is -2.12. The number of hydrogen-bond donors (Lipinski definition) is 1. The zero-order valence-electron chi connectivity index (χ0n) is 13.5. The van der Waals surface area contributed by atoms with Crippen LogP contribution >= 0.6 is 23.1 Å². The maximum absolute atomic E-state index is 12.3. The lowest BCUT2D eigenvalue weighted by atomic mass is 10.0. The molecule has 0 aliphatic rings. The Morgan fingerprint density at radius 1 is 1.42 bits per heavy atom. The van der Waals surface area contributed by atoms with E-state index in [1.165, 1.54) is 23.1 Å². The quantitative estimate of drug-likeness (QED) is 0.402. The number of aryl methyl sites for hydroxylation is 2. The first kappa shape index (κ1) is 16.7. The number of anilines is 1. The van der Waals surface area contributed by atoms with Crippen LogP contribution in [0.15, 0.2) is 39.8 Å². The van der Waals surface area contributed by atoms with Crippen molar-refractivity contribution in [2.75, 3.05) is 11.1 Å². The van der Waals surface area contributed by atoms with Gasteiger partial charge < -0.3 is 9.73 Å². The monoisotopic (exact) mass is 359 g/mol. The molecule has 3 rings (SSSR count). The molecule has 124 valence electrons. The molecule has 3 aromatic rings. The van der Waals surface area contributed by atoms with Crippen LogP contribution in [0.3, 0.4) is 0 Å². The van der Waals surface area contributed by atoms with Crippen molar-refractivity contribution in [2.24, 2.45) is 0 Å². The summed E-state index contributed by atoms with van der Waals surface area (Å²) in [7, 11) is 0. The number of carbonyl (C=O) groups excluding carboxylic acids is 1. The van der Waals surface area contributed by atoms with Crippen molar-refractivity contribution < 1.29 is 9.21 Å². The first-order valence-corrected chi connectivity index (χ1v) is 9.21. The summed E-state index contributed by atoms with van der Waals surface area (Å²) < 4.78 is 6.40. The predicted octanol–water partition coefficient (Wildman–Crippen LogP) is 4.36. The van der Waals surface area contributed by atoms with Crippen LogP contribution in [0.25, 0.3) is 11.0 Å². The largest absolute Gasteiger partial charge is 0.464 e. The van der Waals surface area contributed by atoms with E-state index in [0.29, 0.717) is 5.13 Å². The third kappa shape index (κ3) is 3.68. The molecule has 0 bridgehead atoms. The number of benzene rings is 1. The van der Waals surface area contributed by atoms with E-state index in [1.807, 2.05) is 19.9 Å². The lowest BCUT2D eigenvalue weighted by Crippen LogP contribution is -2.14. The molecule has 0 saturated heterocycles. The van der Waals surface area contributed by atoms with E-state index in [0.717, 1.165) is 37.8 Å². The van der Waals surface area contributed by atoms with E-state index in [2.05, 4.69) is 28.2 Å². The molecule has 1 N–H and O–H groups in total. The second-order valence-corrected chi connectivity index (χ2v) is 7.66. The number of carbonyl (C=O) groups is 1. The minimum absolute atomic E-state index is 0.130. The number of nitrogens with zero attached hydrogens (tertiary/aromatic N) is 2. The predicted molar refractivity (Wildman–Crippen MR) is 98.9 cm³/mol. The van der Waals surface area contributed by atoms with Gasteiger partial charge in [-0.1, -0.05) is 35.2 Å². The lowest BCUT2D eigenvalue weighted by Gasteiger charge is -2.02. The van der Waals surface area contributed by atoms with Gasteiger partial charge in [0.1, 0.15) is 5.58 Å². The summed E-state index contributed by atoms with van der Waals surface area (Å²) >= 11 is 2.90. The maximum Gasteiger partial charge on any atom is 0.230 e. The molecule has 0 unspecified atom stereocenters. The van der Waals surface area contributed by atoms with E-state index >= 15 is 0 Å². The van der Waals surface area contributed by atoms with Crippen molar-refractivity contribution in [1.29, 1.82) is 0 Å². The Morgan fingerprint density at radius 2 is 2.25 bits per heavy atom. The van der Waals surface area contributed by atoms with Gasteiger partial charge >= 0.3 is 0 Å². The molecule has 0 radical (unpaired) electrons. The summed E-state index contributed by atoms with van der Waals surface area (Å²) in [4.78, 5) is 12.3. The van der Waals surface area contributed by atoms with Crippen LogP contribution < -0.4 is 5.32 Å². The highest BCUT2D eigenvalue weighted by Gasteiger charge is 2.14. The summed E-state index contributed by atoms with van der Waals surface area (Å²) in [6.07, 6.45) is 3.70. The summed E-state index contributed by atoms with van der Waals surface area (Å²) in [5.41, 5.74) is 3.95. The van der Waals surface area contributed by atoms with Crippen LogP contribution in [0, 0.1) is 13.8 Å². The van der Waals surface area contributed by atoms with Gasteiger partial charge in [0.05, 0.1) is 12.7 Å². The Bertz CT molecular complexity index is 899. The Kier molecular flexibility index (Phi) is 5.01. The number of rotatable bonds is 6. The van der Waals surface area contributed by atoms with Crippen molar-refractivity contribution in [2.45, 2.75) is 24.6 Å². The van der Waals surface area contributed by atoms with Crippen LogP contribution in [0.4, 0.5) is 5.13 Å². The molecule has 0 spiro atoms. The average molecular weight is 359 g/mol. The maximum atomic E-state index is 12.3. The van der Waals surface area contributed by atoms with E-state index < -0.39 is 0 Å². The number of furan rings is 1. The fourth-order valence-electron chi connectivity index (χ4n) is 2.54. The minimum atomic E-state index is -0.130. The molecular weight excluding hydrogens is 342 g/mol. The molecule has 5 nitrogen and oxygen atoms in total. The second kappa shape index (κ2) is 7.19. The Balaban J connectivity index is 1.71. The molecule has 24 heavy (non-hydrogen) atoms. The highest BCUT2D eigenvalue weighted by molar-refractivity contribution is 8.01. The smallest absolute Gasteiger partial charge is 0.230 e. The zero-order valence-corrected chi connectivity index (χ0v) is 15.1. The molecular formula is C17H17N3O2S2. The molecule has 0 atom stereocenters. The Labute approximate surface area is 148 Å². The van der Waals surface area contributed by atoms with Gasteiger partial charge in [0.25, 0.3) is 0 Å². The van der Waals surface area contributed by atoms with Crippen molar-refractivity contribution in [3.63, 3.8) is 0 Å². The zero-order chi connectivity index (χ0) is 17.1. The van der Waals surface area contributed by atoms with Crippen LogP contribution in [0.1, 0.15) is 16.7 Å². The first-order valence-electron chi connectivity index (χ1n) is 7.41. The van der Waals surface area contributed by atoms with Crippen molar-refractivity contribution in [3.8, 4) is 0 Å². The van der Waals surface area contributed by atoms with Crippen LogP contribution in [-0.2, 0) is 11.2 Å². The normalized spacial score (nSPS) is 10.9. The van der Waals surface area contributed by atoms with Crippen LogP contribution in [0.5, 0.6) is 0 Å². The summed E-state index contributed by atoms with van der Waals surface area (Å²) in [5, 5.41) is 12.3. The van der Waals surface area contributed by atoms with E-state index in [4.69, 9.17) is 4.42 Å². The van der Waals surface area contributed by atoms with E-state index in [-0.39, 0.29) is 12.3 Å².